The minimum atomic E-state index is 0.147. The van der Waals surface area contributed by atoms with Gasteiger partial charge in [0.2, 0.25) is 0 Å². The van der Waals surface area contributed by atoms with Gasteiger partial charge in [-0.05, 0) is 11.6 Å². The summed E-state index contributed by atoms with van der Waals surface area (Å²) in [5.74, 6) is 0.347. The molecule has 86 valence electrons. The Bertz CT molecular complexity index is 408. The predicted octanol–water partition coefficient (Wildman–Crippen LogP) is 0.980. The van der Waals surface area contributed by atoms with Crippen LogP contribution in [0.4, 0.5) is 0 Å². The van der Waals surface area contributed by atoms with Crippen LogP contribution in [-0.4, -0.2) is 35.6 Å². The second-order valence-corrected chi connectivity index (χ2v) is 4.39. The van der Waals surface area contributed by atoms with E-state index in [0.29, 0.717) is 18.4 Å². The van der Waals surface area contributed by atoms with E-state index in [1.807, 2.05) is 0 Å². The van der Waals surface area contributed by atoms with E-state index in [2.05, 4.69) is 0 Å². The number of aromatic hydroxyl groups is 2. The van der Waals surface area contributed by atoms with Crippen molar-refractivity contribution in [2.24, 2.45) is 0 Å². The largest absolute Gasteiger partial charge is 0.508 e. The lowest BCUT2D eigenvalue weighted by Gasteiger charge is -2.10. The standard InChI is InChI=1S/C12H14O4/c13-11-2-1-7(3-8-5-15-8)12(14)10(11)4-9-6-16-9/h1-2,8-9,13-14H,3-6H2. The minimum absolute atomic E-state index is 0.147. The summed E-state index contributed by atoms with van der Waals surface area (Å²) in [6.07, 6.45) is 1.69. The van der Waals surface area contributed by atoms with E-state index in [9.17, 15) is 10.2 Å². The summed E-state index contributed by atoms with van der Waals surface area (Å²) in [4.78, 5) is 0. The smallest absolute Gasteiger partial charge is 0.125 e. The SMILES string of the molecule is Oc1ccc(CC2CO2)c(O)c1CC1CO1. The normalized spacial score (nSPS) is 26.8. The van der Waals surface area contributed by atoms with Gasteiger partial charge in [-0.1, -0.05) is 6.07 Å². The molecule has 16 heavy (non-hydrogen) atoms. The van der Waals surface area contributed by atoms with Crippen LogP contribution in [0.3, 0.4) is 0 Å². The van der Waals surface area contributed by atoms with E-state index in [1.165, 1.54) is 0 Å². The Balaban J connectivity index is 1.86. The van der Waals surface area contributed by atoms with Gasteiger partial charge in [0.15, 0.2) is 0 Å². The Morgan fingerprint density at radius 3 is 2.31 bits per heavy atom. The van der Waals surface area contributed by atoms with Crippen LogP contribution in [0, 0.1) is 0 Å². The molecule has 0 saturated carbocycles. The number of phenolic OH excluding ortho intramolecular Hbond substituents is 2. The van der Waals surface area contributed by atoms with Gasteiger partial charge in [0.25, 0.3) is 0 Å². The fourth-order valence-electron chi connectivity index (χ4n) is 1.88. The quantitative estimate of drug-likeness (QED) is 0.745. The summed E-state index contributed by atoms with van der Waals surface area (Å²) in [5.41, 5.74) is 1.44. The maximum atomic E-state index is 10.1. The highest BCUT2D eigenvalue weighted by Crippen LogP contribution is 2.35. The first-order valence-electron chi connectivity index (χ1n) is 5.50. The summed E-state index contributed by atoms with van der Waals surface area (Å²) >= 11 is 0. The van der Waals surface area contributed by atoms with Gasteiger partial charge in [-0.2, -0.15) is 0 Å². The number of phenols is 2. The number of epoxide rings is 2. The Kier molecular flexibility index (Phi) is 2.26. The third kappa shape index (κ3) is 1.99. The lowest BCUT2D eigenvalue weighted by Crippen LogP contribution is -1.99. The van der Waals surface area contributed by atoms with Crippen molar-refractivity contribution in [3.8, 4) is 11.5 Å². The molecule has 2 N–H and O–H groups in total. The molecule has 2 unspecified atom stereocenters. The van der Waals surface area contributed by atoms with Gasteiger partial charge in [-0.15, -0.1) is 0 Å². The monoisotopic (exact) mass is 222 g/mol. The molecule has 2 saturated heterocycles. The average molecular weight is 222 g/mol. The molecule has 2 atom stereocenters. The first-order valence-corrected chi connectivity index (χ1v) is 5.50. The summed E-state index contributed by atoms with van der Waals surface area (Å²) in [6, 6.07) is 3.39. The molecule has 1 aromatic carbocycles. The highest BCUT2D eigenvalue weighted by molar-refractivity contribution is 5.49. The zero-order valence-corrected chi connectivity index (χ0v) is 8.85. The lowest BCUT2D eigenvalue weighted by atomic mass is 10.0. The predicted molar refractivity (Wildman–Crippen MR) is 56.7 cm³/mol. The van der Waals surface area contributed by atoms with Crippen molar-refractivity contribution in [1.29, 1.82) is 0 Å². The fourth-order valence-corrected chi connectivity index (χ4v) is 1.88. The van der Waals surface area contributed by atoms with Crippen molar-refractivity contribution in [2.45, 2.75) is 25.0 Å². The average Bonchev–Trinajstić information content (AvgIpc) is 3.11. The highest BCUT2D eigenvalue weighted by atomic mass is 16.6. The first kappa shape index (κ1) is 9.93. The number of hydrogen-bond acceptors (Lipinski definition) is 4. The van der Waals surface area contributed by atoms with Crippen molar-refractivity contribution in [1.82, 2.24) is 0 Å². The van der Waals surface area contributed by atoms with E-state index in [0.717, 1.165) is 18.8 Å². The lowest BCUT2D eigenvalue weighted by molar-refractivity contribution is 0.386. The number of hydrogen-bond donors (Lipinski definition) is 2. The Labute approximate surface area is 93.4 Å². The number of ether oxygens (including phenoxy) is 2. The topological polar surface area (TPSA) is 65.5 Å². The molecule has 0 aromatic heterocycles. The van der Waals surface area contributed by atoms with Crippen molar-refractivity contribution in [3.05, 3.63) is 23.3 Å². The van der Waals surface area contributed by atoms with Gasteiger partial charge in [0, 0.05) is 18.4 Å². The molecule has 0 spiro atoms. The zero-order chi connectivity index (χ0) is 11.1. The van der Waals surface area contributed by atoms with E-state index in [4.69, 9.17) is 9.47 Å². The van der Waals surface area contributed by atoms with Crippen LogP contribution in [0.25, 0.3) is 0 Å². The van der Waals surface area contributed by atoms with Gasteiger partial charge < -0.3 is 19.7 Å². The van der Waals surface area contributed by atoms with Gasteiger partial charge in [-0.3, -0.25) is 0 Å². The summed E-state index contributed by atoms with van der Waals surface area (Å²) in [7, 11) is 0. The van der Waals surface area contributed by atoms with Crippen LogP contribution in [0.15, 0.2) is 12.1 Å². The highest BCUT2D eigenvalue weighted by Gasteiger charge is 2.28. The fraction of sp³-hybridized carbons (Fsp3) is 0.500. The van der Waals surface area contributed by atoms with Crippen LogP contribution >= 0.6 is 0 Å². The molecule has 4 heteroatoms. The van der Waals surface area contributed by atoms with Crippen molar-refractivity contribution in [2.75, 3.05) is 13.2 Å². The first-order chi connectivity index (χ1) is 7.74. The molecule has 2 aliphatic heterocycles. The molecule has 2 heterocycles. The molecule has 4 nitrogen and oxygen atoms in total. The van der Waals surface area contributed by atoms with E-state index in [1.54, 1.807) is 12.1 Å². The van der Waals surface area contributed by atoms with Crippen molar-refractivity contribution < 1.29 is 19.7 Å². The molecule has 0 bridgehead atoms. The van der Waals surface area contributed by atoms with Crippen LogP contribution in [0.1, 0.15) is 11.1 Å². The Morgan fingerprint density at radius 2 is 1.69 bits per heavy atom. The van der Waals surface area contributed by atoms with Gasteiger partial charge in [0.1, 0.15) is 11.5 Å². The zero-order valence-electron chi connectivity index (χ0n) is 8.85. The molecule has 0 amide bonds. The van der Waals surface area contributed by atoms with Crippen molar-refractivity contribution in [3.63, 3.8) is 0 Å². The molecule has 1 aromatic rings. The van der Waals surface area contributed by atoms with E-state index in [-0.39, 0.29) is 23.7 Å². The van der Waals surface area contributed by atoms with Crippen LogP contribution < -0.4 is 0 Å². The maximum absolute atomic E-state index is 10.1. The second kappa shape index (κ2) is 3.64. The molecule has 0 aliphatic carbocycles. The summed E-state index contributed by atoms with van der Waals surface area (Å²) in [5, 5.41) is 19.7. The third-order valence-electron chi connectivity index (χ3n) is 3.03. The second-order valence-electron chi connectivity index (χ2n) is 4.39. The van der Waals surface area contributed by atoms with Crippen LogP contribution in [0.5, 0.6) is 11.5 Å². The summed E-state index contributed by atoms with van der Waals surface area (Å²) in [6.45, 7) is 1.48. The molecule has 2 fully saturated rings. The van der Waals surface area contributed by atoms with Crippen LogP contribution in [-0.2, 0) is 22.3 Å². The molecule has 3 rings (SSSR count). The number of benzene rings is 1. The minimum Gasteiger partial charge on any atom is -0.508 e. The Morgan fingerprint density at radius 1 is 1.06 bits per heavy atom. The molecule has 0 radical (unpaired) electrons. The summed E-state index contributed by atoms with van der Waals surface area (Å²) < 4.78 is 10.2. The number of rotatable bonds is 4. The van der Waals surface area contributed by atoms with Crippen LogP contribution in [0.2, 0.25) is 0 Å². The van der Waals surface area contributed by atoms with Gasteiger partial charge in [-0.25, -0.2) is 0 Å². The van der Waals surface area contributed by atoms with E-state index < -0.39 is 0 Å². The maximum Gasteiger partial charge on any atom is 0.125 e. The molecular weight excluding hydrogens is 208 g/mol. The third-order valence-corrected chi connectivity index (χ3v) is 3.03. The van der Waals surface area contributed by atoms with Crippen molar-refractivity contribution >= 4 is 0 Å². The Hall–Kier alpha value is -1.26. The molecule has 2 aliphatic rings. The van der Waals surface area contributed by atoms with Gasteiger partial charge >= 0.3 is 0 Å². The van der Waals surface area contributed by atoms with Gasteiger partial charge in [0.05, 0.1) is 25.4 Å². The van der Waals surface area contributed by atoms with E-state index >= 15 is 0 Å². The molecular formula is C12H14O4.